The average molecular weight is 510 g/mol. The molecule has 0 atom stereocenters. The first-order chi connectivity index (χ1) is 18.4. The van der Waals surface area contributed by atoms with Gasteiger partial charge in [-0.15, -0.1) is 0 Å². The lowest BCUT2D eigenvalue weighted by molar-refractivity contribution is -0.132. The molecule has 38 heavy (non-hydrogen) atoms. The molecule has 0 saturated carbocycles. The third kappa shape index (κ3) is 6.25. The Morgan fingerprint density at radius 1 is 0.658 bits per heavy atom. The van der Waals surface area contributed by atoms with Crippen LogP contribution < -0.4 is 19.5 Å². The second-order valence-corrected chi connectivity index (χ2v) is 8.50. The molecule has 7 heteroatoms. The SMILES string of the molecule is COc1ccccc1C(=O)Nc1ccccc1C(c1ccc(OC(C)=O)cc1)c1ccc(OC(C)=O)cc1. The zero-order valence-corrected chi connectivity index (χ0v) is 21.3. The molecule has 0 bridgehead atoms. The Balaban J connectivity index is 1.76. The molecule has 1 N–H and O–H groups in total. The van der Waals surface area contributed by atoms with Gasteiger partial charge in [-0.2, -0.15) is 0 Å². The molecule has 0 aliphatic heterocycles. The summed E-state index contributed by atoms with van der Waals surface area (Å²) in [5.74, 6) is -0.0717. The fraction of sp³-hybridized carbons (Fsp3) is 0.129. The smallest absolute Gasteiger partial charge is 0.308 e. The minimum Gasteiger partial charge on any atom is -0.496 e. The van der Waals surface area contributed by atoms with Crippen molar-refractivity contribution in [1.29, 1.82) is 0 Å². The number of ether oxygens (including phenoxy) is 3. The standard InChI is InChI=1S/C31H27NO6/c1-20(33)37-24-16-12-22(13-17-24)30(23-14-18-25(19-15-23)38-21(2)34)26-8-4-6-10-28(26)32-31(35)27-9-5-7-11-29(27)36-3/h4-19,30H,1-3H3,(H,32,35). The normalized spacial score (nSPS) is 10.5. The Morgan fingerprint density at radius 3 is 1.68 bits per heavy atom. The fourth-order valence-electron chi connectivity index (χ4n) is 4.22. The molecule has 0 radical (unpaired) electrons. The largest absolute Gasteiger partial charge is 0.496 e. The van der Waals surface area contributed by atoms with Gasteiger partial charge in [0.15, 0.2) is 0 Å². The lowest BCUT2D eigenvalue weighted by Crippen LogP contribution is -2.16. The third-order valence-electron chi connectivity index (χ3n) is 5.82. The van der Waals surface area contributed by atoms with Crippen LogP contribution in [0.2, 0.25) is 0 Å². The molecule has 192 valence electrons. The van der Waals surface area contributed by atoms with Crippen molar-refractivity contribution < 1.29 is 28.6 Å². The van der Waals surface area contributed by atoms with Gasteiger partial charge in [-0.05, 0) is 59.2 Å². The van der Waals surface area contributed by atoms with Gasteiger partial charge < -0.3 is 19.5 Å². The zero-order chi connectivity index (χ0) is 27.1. The van der Waals surface area contributed by atoms with E-state index in [1.54, 1.807) is 48.5 Å². The molecule has 0 unspecified atom stereocenters. The maximum Gasteiger partial charge on any atom is 0.308 e. The highest BCUT2D eigenvalue weighted by Gasteiger charge is 2.22. The monoisotopic (exact) mass is 509 g/mol. The van der Waals surface area contributed by atoms with Crippen LogP contribution in [0.25, 0.3) is 0 Å². The van der Waals surface area contributed by atoms with Crippen LogP contribution in [-0.4, -0.2) is 25.0 Å². The molecule has 1 amide bonds. The molecule has 4 aromatic rings. The summed E-state index contributed by atoms with van der Waals surface area (Å²) in [6.45, 7) is 2.70. The number of methoxy groups -OCH3 is 1. The van der Waals surface area contributed by atoms with Gasteiger partial charge in [0, 0.05) is 25.5 Å². The van der Waals surface area contributed by atoms with Crippen LogP contribution in [0.3, 0.4) is 0 Å². The Morgan fingerprint density at radius 2 is 1.16 bits per heavy atom. The van der Waals surface area contributed by atoms with Crippen molar-refractivity contribution >= 4 is 23.5 Å². The lowest BCUT2D eigenvalue weighted by Gasteiger charge is -2.23. The van der Waals surface area contributed by atoms with Gasteiger partial charge >= 0.3 is 11.9 Å². The second-order valence-electron chi connectivity index (χ2n) is 8.50. The molecule has 4 aromatic carbocycles. The molecule has 4 rings (SSSR count). The number of esters is 2. The van der Waals surface area contributed by atoms with Gasteiger partial charge in [0.2, 0.25) is 0 Å². The van der Waals surface area contributed by atoms with E-state index >= 15 is 0 Å². The highest BCUT2D eigenvalue weighted by atomic mass is 16.5. The lowest BCUT2D eigenvalue weighted by atomic mass is 9.84. The van der Waals surface area contributed by atoms with Gasteiger partial charge in [0.05, 0.1) is 12.7 Å². The maximum absolute atomic E-state index is 13.2. The molecule has 0 fully saturated rings. The second kappa shape index (κ2) is 11.9. The number of nitrogens with one attached hydrogen (secondary N) is 1. The van der Waals surface area contributed by atoms with Crippen LogP contribution in [0.5, 0.6) is 17.2 Å². The molecule has 0 spiro atoms. The summed E-state index contributed by atoms with van der Waals surface area (Å²) >= 11 is 0. The third-order valence-corrected chi connectivity index (χ3v) is 5.82. The topological polar surface area (TPSA) is 90.9 Å². The summed E-state index contributed by atoms with van der Waals surface area (Å²) in [6, 6.07) is 29.0. The van der Waals surface area contributed by atoms with Crippen LogP contribution in [-0.2, 0) is 9.59 Å². The number of benzene rings is 4. The van der Waals surface area contributed by atoms with E-state index in [2.05, 4.69) is 5.32 Å². The van der Waals surface area contributed by atoms with Gasteiger partial charge in [-0.3, -0.25) is 14.4 Å². The number of carbonyl (C=O) groups is 3. The van der Waals surface area contributed by atoms with Gasteiger partial charge in [0.1, 0.15) is 17.2 Å². The Kier molecular flexibility index (Phi) is 8.18. The van der Waals surface area contributed by atoms with Gasteiger partial charge in [-0.1, -0.05) is 54.6 Å². The summed E-state index contributed by atoms with van der Waals surface area (Å²) in [5.41, 5.74) is 3.69. The number of rotatable bonds is 8. The summed E-state index contributed by atoms with van der Waals surface area (Å²) in [6.07, 6.45) is 0. The van der Waals surface area contributed by atoms with E-state index in [1.165, 1.54) is 21.0 Å². The minimum absolute atomic E-state index is 0.302. The number of amides is 1. The zero-order valence-electron chi connectivity index (χ0n) is 21.3. The molecule has 7 nitrogen and oxygen atoms in total. The highest BCUT2D eigenvalue weighted by Crippen LogP contribution is 2.38. The van der Waals surface area contributed by atoms with Crippen LogP contribution in [0.15, 0.2) is 97.1 Å². The van der Waals surface area contributed by atoms with Crippen molar-refractivity contribution in [3.63, 3.8) is 0 Å². The molecule has 0 aromatic heterocycles. The van der Waals surface area contributed by atoms with Crippen molar-refractivity contribution in [3.8, 4) is 17.2 Å². The predicted molar refractivity (Wildman–Crippen MR) is 144 cm³/mol. The summed E-state index contributed by atoms with van der Waals surface area (Å²) < 4.78 is 15.8. The van der Waals surface area contributed by atoms with E-state index < -0.39 is 11.9 Å². The first-order valence-corrected chi connectivity index (χ1v) is 12.0. The predicted octanol–water partition coefficient (Wildman–Crippen LogP) is 5.98. The first-order valence-electron chi connectivity index (χ1n) is 12.0. The van der Waals surface area contributed by atoms with Gasteiger partial charge in [-0.25, -0.2) is 0 Å². The molecular weight excluding hydrogens is 482 g/mol. The van der Waals surface area contributed by atoms with E-state index in [9.17, 15) is 14.4 Å². The summed E-state index contributed by atoms with van der Waals surface area (Å²) in [7, 11) is 1.52. The molecule has 0 aliphatic carbocycles. The number of anilines is 1. The Bertz CT molecular complexity index is 1380. The van der Waals surface area contributed by atoms with Crippen LogP contribution >= 0.6 is 0 Å². The number of para-hydroxylation sites is 2. The van der Waals surface area contributed by atoms with Crippen molar-refractivity contribution in [1.82, 2.24) is 0 Å². The summed E-state index contributed by atoms with van der Waals surface area (Å²) in [5, 5.41) is 3.04. The van der Waals surface area contributed by atoms with E-state index in [0.717, 1.165) is 16.7 Å². The molecule has 0 aliphatic rings. The van der Waals surface area contributed by atoms with E-state index in [1.807, 2.05) is 48.5 Å². The van der Waals surface area contributed by atoms with Crippen LogP contribution in [0, 0.1) is 0 Å². The summed E-state index contributed by atoms with van der Waals surface area (Å²) in [4.78, 5) is 36.0. The first kappa shape index (κ1) is 26.2. The highest BCUT2D eigenvalue weighted by molar-refractivity contribution is 6.06. The van der Waals surface area contributed by atoms with Crippen molar-refractivity contribution in [2.45, 2.75) is 19.8 Å². The van der Waals surface area contributed by atoms with Gasteiger partial charge in [0.25, 0.3) is 5.91 Å². The van der Waals surface area contributed by atoms with Crippen LogP contribution in [0.1, 0.15) is 46.8 Å². The number of hydrogen-bond acceptors (Lipinski definition) is 6. The van der Waals surface area contributed by atoms with E-state index in [-0.39, 0.29) is 11.8 Å². The van der Waals surface area contributed by atoms with E-state index in [4.69, 9.17) is 14.2 Å². The molecular formula is C31H27NO6. The average Bonchev–Trinajstić information content (AvgIpc) is 2.91. The molecule has 0 saturated heterocycles. The Hall–Kier alpha value is -4.91. The molecule has 0 heterocycles. The van der Waals surface area contributed by atoms with Crippen molar-refractivity contribution in [2.24, 2.45) is 0 Å². The number of carbonyl (C=O) groups excluding carboxylic acids is 3. The number of hydrogen-bond donors (Lipinski definition) is 1. The van der Waals surface area contributed by atoms with Crippen molar-refractivity contribution in [3.05, 3.63) is 119 Å². The fourth-order valence-corrected chi connectivity index (χ4v) is 4.22. The van der Waals surface area contributed by atoms with Crippen molar-refractivity contribution in [2.75, 3.05) is 12.4 Å². The maximum atomic E-state index is 13.2. The van der Waals surface area contributed by atoms with E-state index in [0.29, 0.717) is 28.5 Å². The minimum atomic E-state index is -0.403. The van der Waals surface area contributed by atoms with Crippen LogP contribution in [0.4, 0.5) is 5.69 Å². The quantitative estimate of drug-likeness (QED) is 0.179. The Labute approximate surface area is 221 Å².